The van der Waals surface area contributed by atoms with E-state index in [1.165, 1.54) is 0 Å². The van der Waals surface area contributed by atoms with E-state index >= 15 is 0 Å². The van der Waals surface area contributed by atoms with Gasteiger partial charge in [-0.2, -0.15) is 0 Å². The van der Waals surface area contributed by atoms with Gasteiger partial charge in [0.15, 0.2) is 5.43 Å². The first kappa shape index (κ1) is 16.1. The van der Waals surface area contributed by atoms with Crippen LogP contribution in [0.5, 0.6) is 0 Å². The number of anilines is 2. The third-order valence-corrected chi connectivity index (χ3v) is 3.67. The quantitative estimate of drug-likeness (QED) is 0.603. The average Bonchev–Trinajstić information content (AvgIpc) is 2.48. The molecule has 7 nitrogen and oxygen atoms in total. The highest BCUT2D eigenvalue weighted by atomic mass is 35.5. The molecule has 22 heavy (non-hydrogen) atoms. The zero-order chi connectivity index (χ0) is 15.0. The maximum absolute atomic E-state index is 12.1. The minimum Gasteiger partial charge on any atom is -0.477 e. The van der Waals surface area contributed by atoms with E-state index in [-0.39, 0.29) is 23.5 Å². The van der Waals surface area contributed by atoms with Crippen molar-refractivity contribution in [2.24, 2.45) is 0 Å². The second kappa shape index (κ2) is 6.25. The largest absolute Gasteiger partial charge is 0.477 e. The molecule has 1 aromatic heterocycles. The topological polar surface area (TPSA) is 111 Å². The Morgan fingerprint density at radius 1 is 1.23 bits per heavy atom. The number of aromatic nitrogens is 1. The molecule has 118 valence electrons. The molecule has 0 unspecified atom stereocenters. The Hall–Kier alpha value is -2.25. The van der Waals surface area contributed by atoms with Crippen LogP contribution in [-0.4, -0.2) is 42.2 Å². The van der Waals surface area contributed by atoms with Crippen molar-refractivity contribution in [2.75, 3.05) is 36.8 Å². The summed E-state index contributed by atoms with van der Waals surface area (Å²) in [4.78, 5) is 28.0. The highest BCUT2D eigenvalue weighted by Gasteiger charge is 2.15. The fraction of sp³-hybridized carbons (Fsp3) is 0.286. The van der Waals surface area contributed by atoms with Crippen molar-refractivity contribution in [2.45, 2.75) is 0 Å². The summed E-state index contributed by atoms with van der Waals surface area (Å²) >= 11 is 0. The minimum atomic E-state index is -1.18. The number of halogens is 1. The first-order valence-electron chi connectivity index (χ1n) is 6.72. The number of carboxylic acids is 1. The molecule has 5 N–H and O–H groups in total. The van der Waals surface area contributed by atoms with E-state index in [4.69, 9.17) is 10.8 Å². The van der Waals surface area contributed by atoms with Gasteiger partial charge < -0.3 is 26.0 Å². The highest BCUT2D eigenvalue weighted by Crippen LogP contribution is 2.25. The summed E-state index contributed by atoms with van der Waals surface area (Å²) in [5.41, 5.74) is 7.13. The van der Waals surface area contributed by atoms with Crippen molar-refractivity contribution >= 4 is 40.7 Å². The number of hydrogen-bond acceptors (Lipinski definition) is 5. The zero-order valence-corrected chi connectivity index (χ0v) is 12.6. The molecule has 2 heterocycles. The number of benzene rings is 1. The lowest BCUT2D eigenvalue weighted by molar-refractivity contribution is 0.0691. The number of hydrogen-bond donors (Lipinski definition) is 4. The van der Waals surface area contributed by atoms with Gasteiger partial charge in [0, 0.05) is 43.3 Å². The summed E-state index contributed by atoms with van der Waals surface area (Å²) in [6.45, 7) is 3.45. The van der Waals surface area contributed by atoms with Gasteiger partial charge in [0.05, 0.1) is 11.2 Å². The molecule has 1 aliphatic heterocycles. The van der Waals surface area contributed by atoms with E-state index in [1.807, 2.05) is 0 Å². The number of carbonyl (C=O) groups is 1. The summed E-state index contributed by atoms with van der Waals surface area (Å²) in [6.07, 6.45) is 0. The maximum Gasteiger partial charge on any atom is 0.352 e. The third kappa shape index (κ3) is 2.86. The highest BCUT2D eigenvalue weighted by molar-refractivity contribution is 5.96. The van der Waals surface area contributed by atoms with Gasteiger partial charge in [0.2, 0.25) is 0 Å². The minimum absolute atomic E-state index is 0. The number of fused-ring (bicyclic) bond motifs is 1. The fourth-order valence-corrected chi connectivity index (χ4v) is 2.58. The summed E-state index contributed by atoms with van der Waals surface area (Å²) in [5, 5.41) is 12.7. The molecular formula is C14H17ClN4O3. The number of nitrogens with zero attached hydrogens (tertiary/aromatic N) is 1. The standard InChI is InChI=1S/C14H16N4O3.ClH/c15-10-6-8(18-3-1-16-2-4-18)5-9-12(19)7-11(14(20)21)17-13(9)10;/h5-7,16H,1-4,15H2,(H,17,19)(H,20,21);1H. The number of aromatic amines is 1. The van der Waals surface area contributed by atoms with Crippen LogP contribution in [0.25, 0.3) is 10.9 Å². The number of rotatable bonds is 2. The number of pyridine rings is 1. The molecule has 0 bridgehead atoms. The van der Waals surface area contributed by atoms with Crippen molar-refractivity contribution in [1.82, 2.24) is 10.3 Å². The molecule has 1 aromatic carbocycles. The van der Waals surface area contributed by atoms with Crippen LogP contribution in [0.15, 0.2) is 23.0 Å². The van der Waals surface area contributed by atoms with Crippen LogP contribution in [0, 0.1) is 0 Å². The number of H-pyrrole nitrogens is 1. The van der Waals surface area contributed by atoms with Crippen molar-refractivity contribution in [1.29, 1.82) is 0 Å². The molecule has 2 aromatic rings. The molecule has 1 saturated heterocycles. The lowest BCUT2D eigenvalue weighted by atomic mass is 10.1. The molecule has 8 heteroatoms. The van der Waals surface area contributed by atoms with Gasteiger partial charge in [-0.15, -0.1) is 12.4 Å². The summed E-state index contributed by atoms with van der Waals surface area (Å²) in [7, 11) is 0. The van der Waals surface area contributed by atoms with Gasteiger partial charge in [0.25, 0.3) is 0 Å². The van der Waals surface area contributed by atoms with Gasteiger partial charge in [-0.1, -0.05) is 0 Å². The Labute approximate surface area is 132 Å². The van der Waals surface area contributed by atoms with Crippen LogP contribution in [0.2, 0.25) is 0 Å². The van der Waals surface area contributed by atoms with Crippen LogP contribution >= 0.6 is 12.4 Å². The maximum atomic E-state index is 12.1. The molecule has 3 rings (SSSR count). The van der Waals surface area contributed by atoms with Gasteiger partial charge in [-0.3, -0.25) is 4.79 Å². The van der Waals surface area contributed by atoms with Crippen molar-refractivity contribution in [3.63, 3.8) is 0 Å². The van der Waals surface area contributed by atoms with E-state index in [2.05, 4.69) is 15.2 Å². The van der Waals surface area contributed by atoms with E-state index in [0.29, 0.717) is 16.6 Å². The van der Waals surface area contributed by atoms with Gasteiger partial charge in [-0.25, -0.2) is 4.79 Å². The normalized spacial score (nSPS) is 14.6. The molecule has 0 saturated carbocycles. The van der Waals surface area contributed by atoms with E-state index < -0.39 is 5.97 Å². The smallest absolute Gasteiger partial charge is 0.352 e. The van der Waals surface area contributed by atoms with Crippen LogP contribution in [0.1, 0.15) is 10.5 Å². The summed E-state index contributed by atoms with van der Waals surface area (Å²) in [5.74, 6) is -1.18. The SMILES string of the molecule is Cl.Nc1cc(N2CCNCC2)cc2c(=O)cc(C(=O)O)[nH]c12. The van der Waals surface area contributed by atoms with Crippen molar-refractivity contribution in [3.8, 4) is 0 Å². The second-order valence-electron chi connectivity index (χ2n) is 5.05. The molecule has 0 radical (unpaired) electrons. The number of aromatic carboxylic acids is 1. The Bertz CT molecular complexity index is 769. The number of carboxylic acid groups (broad SMARTS) is 1. The summed E-state index contributed by atoms with van der Waals surface area (Å²) in [6, 6.07) is 4.63. The monoisotopic (exact) mass is 324 g/mol. The first-order chi connectivity index (χ1) is 10.1. The van der Waals surface area contributed by atoms with Crippen molar-refractivity contribution < 1.29 is 9.90 Å². The lowest BCUT2D eigenvalue weighted by Gasteiger charge is -2.29. The predicted molar refractivity (Wildman–Crippen MR) is 88.3 cm³/mol. The van der Waals surface area contributed by atoms with Crippen LogP contribution in [-0.2, 0) is 0 Å². The zero-order valence-electron chi connectivity index (χ0n) is 11.8. The lowest BCUT2D eigenvalue weighted by Crippen LogP contribution is -2.43. The first-order valence-corrected chi connectivity index (χ1v) is 6.72. The predicted octanol–water partition coefficient (Wildman–Crippen LogP) is 0.640. The Morgan fingerprint density at radius 3 is 2.55 bits per heavy atom. The Morgan fingerprint density at radius 2 is 1.91 bits per heavy atom. The number of nitrogen functional groups attached to an aromatic ring is 1. The average molecular weight is 325 g/mol. The molecule has 0 amide bonds. The van der Waals surface area contributed by atoms with E-state index in [1.54, 1.807) is 12.1 Å². The van der Waals surface area contributed by atoms with Crippen LogP contribution < -0.4 is 21.4 Å². The van der Waals surface area contributed by atoms with Crippen molar-refractivity contribution in [3.05, 3.63) is 34.1 Å². The van der Waals surface area contributed by atoms with Crippen LogP contribution in [0.3, 0.4) is 0 Å². The molecular weight excluding hydrogens is 308 g/mol. The molecule has 1 aliphatic rings. The summed E-state index contributed by atoms with van der Waals surface area (Å²) < 4.78 is 0. The fourth-order valence-electron chi connectivity index (χ4n) is 2.58. The number of nitrogens with two attached hydrogens (primary N) is 1. The number of nitrogens with one attached hydrogen (secondary N) is 2. The molecule has 0 atom stereocenters. The van der Waals surface area contributed by atoms with Gasteiger partial charge in [-0.05, 0) is 12.1 Å². The molecule has 0 aliphatic carbocycles. The second-order valence-corrected chi connectivity index (χ2v) is 5.05. The van der Waals surface area contributed by atoms with E-state index in [9.17, 15) is 9.59 Å². The van der Waals surface area contributed by atoms with Gasteiger partial charge in [0.1, 0.15) is 5.69 Å². The third-order valence-electron chi connectivity index (χ3n) is 3.67. The number of piperazine rings is 1. The van der Waals surface area contributed by atoms with E-state index in [0.717, 1.165) is 37.9 Å². The Kier molecular flexibility index (Phi) is 4.58. The van der Waals surface area contributed by atoms with Crippen LogP contribution in [0.4, 0.5) is 11.4 Å². The Balaban J connectivity index is 0.00000176. The molecule has 1 fully saturated rings. The molecule has 0 spiro atoms. The van der Waals surface area contributed by atoms with Gasteiger partial charge >= 0.3 is 5.97 Å².